The van der Waals surface area contributed by atoms with Crippen molar-refractivity contribution in [2.75, 3.05) is 0 Å². The van der Waals surface area contributed by atoms with Crippen LogP contribution in [0.4, 0.5) is 0 Å². The largest absolute Gasteiger partial charge is 0.436 e. The molecular formula is C39H38ClN5O2. The van der Waals surface area contributed by atoms with Crippen LogP contribution >= 0.6 is 11.6 Å². The van der Waals surface area contributed by atoms with Gasteiger partial charge in [0.2, 0.25) is 5.71 Å². The molecule has 0 aliphatic heterocycles. The fourth-order valence-corrected chi connectivity index (χ4v) is 5.70. The molecule has 3 aromatic heterocycles. The SMILES string of the molecule is CCCCCc1ccc(C#Cc2c(-c3ccc(CCCCC)cc3)oc3nc(=O)n(Cc4cn(-c5ccc(Cl)cc5)nn4)cc23)cc1. The van der Waals surface area contributed by atoms with Gasteiger partial charge in [0.25, 0.3) is 0 Å². The smallest absolute Gasteiger partial charge is 0.351 e. The molecule has 0 aliphatic rings. The van der Waals surface area contributed by atoms with E-state index in [-0.39, 0.29) is 12.3 Å². The van der Waals surface area contributed by atoms with Crippen LogP contribution in [0.1, 0.15) is 80.3 Å². The van der Waals surface area contributed by atoms with E-state index in [1.165, 1.54) is 47.8 Å². The van der Waals surface area contributed by atoms with Gasteiger partial charge < -0.3 is 4.42 Å². The molecule has 0 atom stereocenters. The number of unbranched alkanes of at least 4 members (excludes halogenated alkanes) is 4. The van der Waals surface area contributed by atoms with Gasteiger partial charge in [0.05, 0.1) is 29.4 Å². The lowest BCUT2D eigenvalue weighted by atomic mass is 10.0. The summed E-state index contributed by atoms with van der Waals surface area (Å²) in [5.41, 5.74) is 6.34. The highest BCUT2D eigenvalue weighted by Gasteiger charge is 2.18. The van der Waals surface area contributed by atoms with Gasteiger partial charge in [0, 0.05) is 22.3 Å². The van der Waals surface area contributed by atoms with Crippen molar-refractivity contribution < 1.29 is 4.42 Å². The summed E-state index contributed by atoms with van der Waals surface area (Å²) in [6.07, 6.45) is 12.9. The van der Waals surface area contributed by atoms with Crippen molar-refractivity contribution in [2.45, 2.75) is 71.8 Å². The lowest BCUT2D eigenvalue weighted by Gasteiger charge is -2.03. The molecule has 0 spiro atoms. The maximum absolute atomic E-state index is 13.2. The van der Waals surface area contributed by atoms with Crippen LogP contribution in [0.15, 0.2) is 94.4 Å². The molecule has 0 amide bonds. The summed E-state index contributed by atoms with van der Waals surface area (Å²) in [7, 11) is 0. The third-order valence-corrected chi connectivity index (χ3v) is 8.51. The fraction of sp³-hybridized carbons (Fsp3) is 0.282. The molecule has 0 saturated heterocycles. The van der Waals surface area contributed by atoms with E-state index >= 15 is 0 Å². The molecular weight excluding hydrogens is 606 g/mol. The lowest BCUT2D eigenvalue weighted by Crippen LogP contribution is -2.22. The highest BCUT2D eigenvalue weighted by Crippen LogP contribution is 2.32. The zero-order chi connectivity index (χ0) is 32.6. The molecule has 0 fully saturated rings. The van der Waals surface area contributed by atoms with Gasteiger partial charge in [0.15, 0.2) is 5.76 Å². The van der Waals surface area contributed by atoms with Crippen molar-refractivity contribution in [3.63, 3.8) is 0 Å². The predicted molar refractivity (Wildman–Crippen MR) is 188 cm³/mol. The number of aryl methyl sites for hydroxylation is 2. The van der Waals surface area contributed by atoms with Crippen LogP contribution in [0.25, 0.3) is 28.1 Å². The monoisotopic (exact) mass is 643 g/mol. The number of hydrogen-bond donors (Lipinski definition) is 0. The molecule has 8 heteroatoms. The first-order chi connectivity index (χ1) is 23.0. The number of hydrogen-bond acceptors (Lipinski definition) is 5. The Labute approximate surface area is 280 Å². The maximum atomic E-state index is 13.2. The number of rotatable bonds is 12. The molecule has 0 radical (unpaired) electrons. The van der Waals surface area contributed by atoms with E-state index in [0.29, 0.717) is 27.4 Å². The van der Waals surface area contributed by atoms with Crippen molar-refractivity contribution in [1.82, 2.24) is 24.5 Å². The summed E-state index contributed by atoms with van der Waals surface area (Å²) in [6.45, 7) is 4.62. The standard InChI is InChI=1S/C39H38ClN5O2/c1-3-5-7-9-28-11-13-30(14-12-28)17-24-35-36-27-44(25-33-26-45(43-42-33)34-22-20-32(40)21-23-34)39(46)41-38(36)47-37(35)31-18-15-29(16-19-31)10-8-6-4-2/h11-16,18-23,26-27H,3-10,25H2,1-2H3. The van der Waals surface area contributed by atoms with E-state index in [1.54, 1.807) is 29.2 Å². The molecule has 3 aromatic carbocycles. The van der Waals surface area contributed by atoms with Crippen LogP contribution in [0.2, 0.25) is 5.02 Å². The Morgan fingerprint density at radius 2 is 1.45 bits per heavy atom. The molecule has 0 bridgehead atoms. The number of furan rings is 1. The van der Waals surface area contributed by atoms with Gasteiger partial charge >= 0.3 is 5.69 Å². The summed E-state index contributed by atoms with van der Waals surface area (Å²) >= 11 is 6.04. The van der Waals surface area contributed by atoms with Gasteiger partial charge in [-0.3, -0.25) is 4.57 Å². The minimum atomic E-state index is -0.441. The third-order valence-electron chi connectivity index (χ3n) is 8.26. The minimum absolute atomic E-state index is 0.189. The van der Waals surface area contributed by atoms with Gasteiger partial charge in [-0.05, 0) is 73.2 Å². The van der Waals surface area contributed by atoms with Crippen molar-refractivity contribution in [3.05, 3.63) is 129 Å². The molecule has 47 heavy (non-hydrogen) atoms. The Morgan fingerprint density at radius 1 is 0.787 bits per heavy atom. The highest BCUT2D eigenvalue weighted by atomic mass is 35.5. The second-order valence-corrected chi connectivity index (χ2v) is 12.3. The van der Waals surface area contributed by atoms with Crippen molar-refractivity contribution >= 4 is 22.7 Å². The molecule has 0 aliphatic carbocycles. The molecule has 0 N–H and O–H groups in total. The van der Waals surface area contributed by atoms with Gasteiger partial charge in [-0.25, -0.2) is 9.48 Å². The average molecular weight is 644 g/mol. The zero-order valence-electron chi connectivity index (χ0n) is 26.9. The summed E-state index contributed by atoms with van der Waals surface area (Å²) in [4.78, 5) is 17.5. The Balaban J connectivity index is 1.35. The first-order valence-corrected chi connectivity index (χ1v) is 16.8. The van der Waals surface area contributed by atoms with Crippen LogP contribution in [-0.2, 0) is 19.4 Å². The quantitative estimate of drug-likeness (QED) is 0.0984. The van der Waals surface area contributed by atoms with E-state index < -0.39 is 5.69 Å². The summed E-state index contributed by atoms with van der Waals surface area (Å²) in [5.74, 6) is 7.32. The Bertz CT molecular complexity index is 2060. The molecule has 238 valence electrons. The summed E-state index contributed by atoms with van der Waals surface area (Å²) < 4.78 is 9.44. The van der Waals surface area contributed by atoms with Crippen LogP contribution < -0.4 is 5.69 Å². The fourth-order valence-electron chi connectivity index (χ4n) is 5.57. The second kappa shape index (κ2) is 15.1. The Kier molecular flexibility index (Phi) is 10.3. The minimum Gasteiger partial charge on any atom is -0.436 e. The molecule has 0 saturated carbocycles. The van der Waals surface area contributed by atoms with Crippen molar-refractivity contribution in [2.24, 2.45) is 0 Å². The van der Waals surface area contributed by atoms with Crippen molar-refractivity contribution in [1.29, 1.82) is 0 Å². The number of halogens is 1. The van der Waals surface area contributed by atoms with Crippen LogP contribution in [0.3, 0.4) is 0 Å². The van der Waals surface area contributed by atoms with E-state index in [9.17, 15) is 4.79 Å². The van der Waals surface area contributed by atoms with E-state index in [4.69, 9.17) is 16.0 Å². The maximum Gasteiger partial charge on any atom is 0.351 e. The van der Waals surface area contributed by atoms with E-state index in [2.05, 4.69) is 89.5 Å². The Hall–Kier alpha value is -4.93. The van der Waals surface area contributed by atoms with Gasteiger partial charge in [-0.15, -0.1) is 5.10 Å². The normalized spacial score (nSPS) is 11.1. The number of nitrogens with zero attached hydrogens (tertiary/aromatic N) is 5. The third kappa shape index (κ3) is 7.90. The second-order valence-electron chi connectivity index (χ2n) is 11.9. The summed E-state index contributed by atoms with van der Waals surface area (Å²) in [5, 5.41) is 9.83. The highest BCUT2D eigenvalue weighted by molar-refractivity contribution is 6.30. The Morgan fingerprint density at radius 3 is 2.11 bits per heavy atom. The number of benzene rings is 3. The number of fused-ring (bicyclic) bond motifs is 1. The molecule has 3 heterocycles. The van der Waals surface area contributed by atoms with Crippen LogP contribution in [0, 0.1) is 11.8 Å². The molecule has 6 rings (SSSR count). The number of aromatic nitrogens is 5. The lowest BCUT2D eigenvalue weighted by molar-refractivity contribution is 0.607. The van der Waals surface area contributed by atoms with Gasteiger partial charge in [-0.2, -0.15) is 4.98 Å². The average Bonchev–Trinajstić information content (AvgIpc) is 3.70. The van der Waals surface area contributed by atoms with Gasteiger partial charge in [0.1, 0.15) is 5.69 Å². The molecule has 6 aromatic rings. The first kappa shape index (κ1) is 32.0. The summed E-state index contributed by atoms with van der Waals surface area (Å²) in [6, 6.07) is 24.2. The molecule has 0 unspecified atom stereocenters. The van der Waals surface area contributed by atoms with Crippen LogP contribution in [-0.4, -0.2) is 24.5 Å². The van der Waals surface area contributed by atoms with Crippen LogP contribution in [0.5, 0.6) is 0 Å². The topological polar surface area (TPSA) is 78.7 Å². The van der Waals surface area contributed by atoms with E-state index in [0.717, 1.165) is 36.1 Å². The molecule has 7 nitrogen and oxygen atoms in total. The van der Waals surface area contributed by atoms with Crippen molar-refractivity contribution in [3.8, 4) is 28.9 Å². The predicted octanol–water partition coefficient (Wildman–Crippen LogP) is 8.80. The first-order valence-electron chi connectivity index (χ1n) is 16.4. The van der Waals surface area contributed by atoms with E-state index in [1.807, 2.05) is 12.1 Å². The zero-order valence-corrected chi connectivity index (χ0v) is 27.6. The van der Waals surface area contributed by atoms with Gasteiger partial charge in [-0.1, -0.05) is 105 Å².